The van der Waals surface area contributed by atoms with Crippen LogP contribution in [0.4, 0.5) is 5.69 Å². The quantitative estimate of drug-likeness (QED) is 0.0781. The van der Waals surface area contributed by atoms with Crippen LogP contribution in [0, 0.1) is 17.0 Å². The SMILES string of the molecule is COC(=O)/C(=C/C(c1ccc(Cl)cc1)C(OCc1ccc([N+](=O)[O-])cc1)(C(=O)OC)c1ccccc1)NS(=O)(=O)c1ccc(C)cc1. The number of nitro groups is 1. The van der Waals surface area contributed by atoms with Crippen LogP contribution in [0.25, 0.3) is 0 Å². The number of hydrogen-bond acceptors (Lipinski definition) is 9. The Bertz CT molecular complexity index is 1860. The van der Waals surface area contributed by atoms with Crippen LogP contribution in [0.1, 0.15) is 28.2 Å². The van der Waals surface area contributed by atoms with Crippen LogP contribution in [0.3, 0.4) is 0 Å². The standard InChI is InChI=1S/C34H31ClN2O9S/c1-23-9-19-29(20-10-23)47(42,43)36-31(32(38)44-2)21-30(25-13-15-27(35)16-14-25)34(33(39)45-3,26-7-5-4-6-8-26)46-22-24-11-17-28(18-12-24)37(40)41/h4-21,30,36H,22H2,1-3H3/b31-21-. The Kier molecular flexibility index (Phi) is 11.1. The van der Waals surface area contributed by atoms with E-state index < -0.39 is 44.1 Å². The highest BCUT2D eigenvalue weighted by atomic mass is 35.5. The second kappa shape index (κ2) is 15.0. The Morgan fingerprint density at radius 1 is 0.915 bits per heavy atom. The highest BCUT2D eigenvalue weighted by Crippen LogP contribution is 2.44. The molecule has 0 heterocycles. The summed E-state index contributed by atoms with van der Waals surface area (Å²) in [5.41, 5.74) is -0.699. The molecule has 0 spiro atoms. The van der Waals surface area contributed by atoms with Crippen LogP contribution in [-0.2, 0) is 46.0 Å². The predicted octanol–water partition coefficient (Wildman–Crippen LogP) is 5.96. The van der Waals surface area contributed by atoms with E-state index in [1.165, 1.54) is 49.6 Å². The Balaban J connectivity index is 1.97. The average Bonchev–Trinajstić information content (AvgIpc) is 3.08. The van der Waals surface area contributed by atoms with Crippen molar-refractivity contribution in [2.75, 3.05) is 14.2 Å². The summed E-state index contributed by atoms with van der Waals surface area (Å²) < 4.78 is 46.1. The van der Waals surface area contributed by atoms with E-state index in [9.17, 15) is 28.1 Å². The summed E-state index contributed by atoms with van der Waals surface area (Å²) in [6.07, 6.45) is 1.24. The van der Waals surface area contributed by atoms with Gasteiger partial charge in [-0.15, -0.1) is 0 Å². The third kappa shape index (κ3) is 8.04. The number of carbonyl (C=O) groups is 2. The first-order valence-corrected chi connectivity index (χ1v) is 15.9. The van der Waals surface area contributed by atoms with Crippen LogP contribution in [0.5, 0.6) is 0 Å². The van der Waals surface area contributed by atoms with Crippen molar-refractivity contribution in [2.45, 2.75) is 29.9 Å². The first-order valence-electron chi connectivity index (χ1n) is 14.1. The third-order valence-electron chi connectivity index (χ3n) is 7.29. The molecule has 4 aromatic carbocycles. The Labute approximate surface area is 276 Å². The summed E-state index contributed by atoms with van der Waals surface area (Å²) in [5.74, 6) is -3.17. The van der Waals surface area contributed by atoms with Gasteiger partial charge in [-0.25, -0.2) is 18.0 Å². The predicted molar refractivity (Wildman–Crippen MR) is 174 cm³/mol. The van der Waals surface area contributed by atoms with Gasteiger partial charge in [-0.05, 0) is 66.1 Å². The number of nitrogens with one attached hydrogen (secondary N) is 1. The van der Waals surface area contributed by atoms with Crippen molar-refractivity contribution < 1.29 is 37.1 Å². The molecule has 0 amide bonds. The molecule has 244 valence electrons. The van der Waals surface area contributed by atoms with Gasteiger partial charge in [-0.1, -0.05) is 71.8 Å². The van der Waals surface area contributed by atoms with Crippen molar-refractivity contribution in [1.82, 2.24) is 4.72 Å². The minimum atomic E-state index is -4.32. The van der Waals surface area contributed by atoms with Gasteiger partial charge in [-0.2, -0.15) is 0 Å². The smallest absolute Gasteiger partial charge is 0.354 e. The maximum absolute atomic E-state index is 14.1. The largest absolute Gasteiger partial charge is 0.467 e. The van der Waals surface area contributed by atoms with Crippen molar-refractivity contribution in [3.63, 3.8) is 0 Å². The zero-order chi connectivity index (χ0) is 34.2. The molecule has 0 bridgehead atoms. The maximum Gasteiger partial charge on any atom is 0.354 e. The van der Waals surface area contributed by atoms with Crippen molar-refractivity contribution in [1.29, 1.82) is 0 Å². The molecule has 4 aromatic rings. The zero-order valence-corrected chi connectivity index (χ0v) is 27.2. The van der Waals surface area contributed by atoms with E-state index in [2.05, 4.69) is 4.72 Å². The molecule has 1 N–H and O–H groups in total. The fourth-order valence-electron chi connectivity index (χ4n) is 4.86. The number of non-ortho nitro benzene ring substituents is 1. The van der Waals surface area contributed by atoms with Crippen LogP contribution >= 0.6 is 11.6 Å². The third-order valence-corrected chi connectivity index (χ3v) is 8.92. The number of ether oxygens (including phenoxy) is 3. The fourth-order valence-corrected chi connectivity index (χ4v) is 6.04. The van der Waals surface area contributed by atoms with Gasteiger partial charge >= 0.3 is 11.9 Å². The molecule has 0 fully saturated rings. The van der Waals surface area contributed by atoms with Crippen molar-refractivity contribution in [3.8, 4) is 0 Å². The van der Waals surface area contributed by atoms with E-state index in [-0.39, 0.29) is 17.2 Å². The first kappa shape index (κ1) is 34.8. The Morgan fingerprint density at radius 3 is 2.09 bits per heavy atom. The molecule has 0 radical (unpaired) electrons. The Hall–Kier alpha value is -5.04. The lowest BCUT2D eigenvalue weighted by Crippen LogP contribution is -2.45. The van der Waals surface area contributed by atoms with Gasteiger partial charge in [0.05, 0.1) is 30.6 Å². The van der Waals surface area contributed by atoms with Crippen molar-refractivity contribution in [3.05, 3.63) is 152 Å². The number of halogens is 1. The normalized spacial score (nSPS) is 13.6. The molecule has 2 unspecified atom stereocenters. The number of benzene rings is 4. The summed E-state index contributed by atoms with van der Waals surface area (Å²) >= 11 is 6.21. The minimum absolute atomic E-state index is 0.113. The van der Waals surface area contributed by atoms with E-state index in [0.717, 1.165) is 12.7 Å². The molecule has 0 saturated heterocycles. The molecule has 0 aliphatic rings. The number of aryl methyl sites for hydroxylation is 1. The van der Waals surface area contributed by atoms with E-state index in [1.807, 2.05) is 0 Å². The van der Waals surface area contributed by atoms with E-state index in [1.54, 1.807) is 73.7 Å². The van der Waals surface area contributed by atoms with Crippen LogP contribution in [0.2, 0.25) is 5.02 Å². The topological polar surface area (TPSA) is 151 Å². The summed E-state index contributed by atoms with van der Waals surface area (Å²) in [6.45, 7) is 1.55. The number of hydrogen-bond donors (Lipinski definition) is 1. The van der Waals surface area contributed by atoms with Crippen molar-refractivity contribution >= 4 is 39.3 Å². The van der Waals surface area contributed by atoms with Gasteiger partial charge in [-0.3, -0.25) is 14.8 Å². The number of nitrogens with zero attached hydrogens (tertiary/aromatic N) is 1. The van der Waals surface area contributed by atoms with Gasteiger partial charge in [0.15, 0.2) is 0 Å². The zero-order valence-electron chi connectivity index (χ0n) is 25.6. The summed E-state index contributed by atoms with van der Waals surface area (Å²) in [6, 6.07) is 26.2. The van der Waals surface area contributed by atoms with Gasteiger partial charge in [0.2, 0.25) is 5.60 Å². The van der Waals surface area contributed by atoms with Gasteiger partial charge in [0.1, 0.15) is 5.70 Å². The summed E-state index contributed by atoms with van der Waals surface area (Å²) in [4.78, 5) is 37.9. The lowest BCUT2D eigenvalue weighted by molar-refractivity contribution is -0.384. The lowest BCUT2D eigenvalue weighted by Gasteiger charge is -2.38. The number of nitro benzene ring substituents is 1. The van der Waals surface area contributed by atoms with Gasteiger partial charge in [0, 0.05) is 23.1 Å². The van der Waals surface area contributed by atoms with E-state index in [4.69, 9.17) is 25.8 Å². The molecular formula is C34H31ClN2O9S. The van der Waals surface area contributed by atoms with E-state index in [0.29, 0.717) is 21.7 Å². The van der Waals surface area contributed by atoms with Crippen molar-refractivity contribution in [2.24, 2.45) is 0 Å². The number of methoxy groups -OCH3 is 2. The molecule has 2 atom stereocenters. The monoisotopic (exact) mass is 678 g/mol. The average molecular weight is 679 g/mol. The maximum atomic E-state index is 14.1. The fraction of sp³-hybridized carbons (Fsp3) is 0.176. The minimum Gasteiger partial charge on any atom is -0.467 e. The lowest BCUT2D eigenvalue weighted by atomic mass is 9.76. The van der Waals surface area contributed by atoms with Crippen LogP contribution in [-0.4, -0.2) is 39.5 Å². The highest BCUT2D eigenvalue weighted by Gasteiger charge is 2.50. The van der Waals surface area contributed by atoms with Crippen LogP contribution < -0.4 is 4.72 Å². The number of esters is 2. The first-order chi connectivity index (χ1) is 22.4. The molecule has 0 aliphatic heterocycles. The van der Waals surface area contributed by atoms with Gasteiger partial charge in [0.25, 0.3) is 15.7 Å². The molecule has 0 saturated carbocycles. The Morgan fingerprint density at radius 2 is 1.53 bits per heavy atom. The highest BCUT2D eigenvalue weighted by molar-refractivity contribution is 7.89. The van der Waals surface area contributed by atoms with E-state index >= 15 is 0 Å². The molecule has 0 aromatic heterocycles. The van der Waals surface area contributed by atoms with Crippen LogP contribution in [0.15, 0.2) is 120 Å². The number of sulfonamides is 1. The molecular weight excluding hydrogens is 648 g/mol. The second-order valence-corrected chi connectivity index (χ2v) is 12.4. The van der Waals surface area contributed by atoms with Gasteiger partial charge < -0.3 is 14.2 Å². The second-order valence-electron chi connectivity index (χ2n) is 10.3. The summed E-state index contributed by atoms with van der Waals surface area (Å²) in [5, 5.41) is 11.6. The molecule has 4 rings (SSSR count). The number of carbonyl (C=O) groups excluding carboxylic acids is 2. The molecule has 11 nitrogen and oxygen atoms in total. The summed E-state index contributed by atoms with van der Waals surface area (Å²) in [7, 11) is -2.07. The molecule has 0 aliphatic carbocycles. The molecule has 47 heavy (non-hydrogen) atoms. The number of rotatable bonds is 13. The molecule has 13 heteroatoms.